The fourth-order valence-corrected chi connectivity index (χ4v) is 5.27. The number of likely N-dealkylation sites (tertiary alicyclic amines) is 1. The molecule has 1 saturated heterocycles. The standard InChI is InChI=1S/C17H18ClNS/c1-19-8-2-4-13-16(15-5-3-9-20-15)12-7-6-11(18)10-14(12)17(13)19/h3,5-7,9-10,13,16-17H,2,4,8H2,1H3. The van der Waals surface area contributed by atoms with E-state index in [0.29, 0.717) is 17.9 Å². The van der Waals surface area contributed by atoms with Gasteiger partial charge in [0.1, 0.15) is 0 Å². The van der Waals surface area contributed by atoms with Gasteiger partial charge in [0.2, 0.25) is 0 Å². The number of rotatable bonds is 1. The number of hydrogen-bond donors (Lipinski definition) is 0. The first-order valence-electron chi connectivity index (χ1n) is 7.28. The summed E-state index contributed by atoms with van der Waals surface area (Å²) in [6.07, 6.45) is 2.63. The zero-order valence-electron chi connectivity index (χ0n) is 11.6. The topological polar surface area (TPSA) is 3.24 Å². The van der Waals surface area contributed by atoms with Gasteiger partial charge in [-0.15, -0.1) is 11.3 Å². The van der Waals surface area contributed by atoms with Crippen LogP contribution in [-0.2, 0) is 0 Å². The van der Waals surface area contributed by atoms with Crippen molar-refractivity contribution in [2.45, 2.75) is 24.8 Å². The van der Waals surface area contributed by atoms with Gasteiger partial charge in [-0.25, -0.2) is 0 Å². The third kappa shape index (κ3) is 1.86. The summed E-state index contributed by atoms with van der Waals surface area (Å²) in [5.41, 5.74) is 2.96. The van der Waals surface area contributed by atoms with Crippen LogP contribution in [0.5, 0.6) is 0 Å². The maximum atomic E-state index is 6.26. The van der Waals surface area contributed by atoms with E-state index in [1.165, 1.54) is 35.4 Å². The van der Waals surface area contributed by atoms with E-state index in [1.807, 2.05) is 11.3 Å². The first-order chi connectivity index (χ1) is 9.75. The van der Waals surface area contributed by atoms with Crippen LogP contribution in [0.4, 0.5) is 0 Å². The Morgan fingerprint density at radius 1 is 1.25 bits per heavy atom. The van der Waals surface area contributed by atoms with Crippen LogP contribution in [-0.4, -0.2) is 18.5 Å². The smallest absolute Gasteiger partial charge is 0.0409 e. The number of hydrogen-bond acceptors (Lipinski definition) is 2. The molecular formula is C17H18ClNS. The summed E-state index contributed by atoms with van der Waals surface area (Å²) >= 11 is 8.15. The highest BCUT2D eigenvalue weighted by molar-refractivity contribution is 7.10. The molecule has 2 heterocycles. The molecule has 0 bridgehead atoms. The van der Waals surface area contributed by atoms with Crippen molar-refractivity contribution in [2.24, 2.45) is 5.92 Å². The zero-order chi connectivity index (χ0) is 13.7. The number of halogens is 1. The van der Waals surface area contributed by atoms with Crippen LogP contribution in [0.25, 0.3) is 0 Å². The van der Waals surface area contributed by atoms with Gasteiger partial charge in [0.05, 0.1) is 0 Å². The maximum Gasteiger partial charge on any atom is 0.0409 e. The van der Waals surface area contributed by atoms with Crippen molar-refractivity contribution >= 4 is 22.9 Å². The number of fused-ring (bicyclic) bond motifs is 3. The fraction of sp³-hybridized carbons (Fsp3) is 0.412. The van der Waals surface area contributed by atoms with Crippen molar-refractivity contribution in [1.82, 2.24) is 4.90 Å². The van der Waals surface area contributed by atoms with Crippen LogP contribution >= 0.6 is 22.9 Å². The Morgan fingerprint density at radius 2 is 2.15 bits per heavy atom. The predicted molar refractivity (Wildman–Crippen MR) is 85.7 cm³/mol. The Balaban J connectivity index is 1.88. The summed E-state index contributed by atoms with van der Waals surface area (Å²) in [7, 11) is 2.26. The fourth-order valence-electron chi connectivity index (χ4n) is 4.17. The van der Waals surface area contributed by atoms with Gasteiger partial charge in [0, 0.05) is 21.9 Å². The summed E-state index contributed by atoms with van der Waals surface area (Å²) in [5, 5.41) is 3.07. The SMILES string of the molecule is CN1CCCC2C(c3cccs3)c3ccc(Cl)cc3C21. The van der Waals surface area contributed by atoms with E-state index in [2.05, 4.69) is 47.7 Å². The van der Waals surface area contributed by atoms with Gasteiger partial charge in [0.15, 0.2) is 0 Å². The molecule has 4 rings (SSSR count). The highest BCUT2D eigenvalue weighted by Gasteiger charge is 2.45. The van der Waals surface area contributed by atoms with E-state index >= 15 is 0 Å². The molecule has 3 unspecified atom stereocenters. The average molecular weight is 304 g/mol. The second-order valence-electron chi connectivity index (χ2n) is 6.00. The Morgan fingerprint density at radius 3 is 2.95 bits per heavy atom. The van der Waals surface area contributed by atoms with Gasteiger partial charge in [-0.05, 0) is 67.1 Å². The minimum atomic E-state index is 0.546. The third-order valence-electron chi connectivity index (χ3n) is 4.91. The van der Waals surface area contributed by atoms with Crippen LogP contribution in [0.15, 0.2) is 35.7 Å². The molecule has 2 aliphatic rings. The van der Waals surface area contributed by atoms with Crippen LogP contribution in [0, 0.1) is 5.92 Å². The molecule has 3 atom stereocenters. The molecular weight excluding hydrogens is 286 g/mol. The lowest BCUT2D eigenvalue weighted by Gasteiger charge is -2.37. The van der Waals surface area contributed by atoms with Crippen LogP contribution in [0.3, 0.4) is 0 Å². The van der Waals surface area contributed by atoms with Crippen molar-refractivity contribution in [3.8, 4) is 0 Å². The summed E-state index contributed by atoms with van der Waals surface area (Å²) in [5.74, 6) is 1.27. The normalized spacial score (nSPS) is 29.2. The molecule has 104 valence electrons. The molecule has 1 fully saturated rings. The molecule has 1 aromatic carbocycles. The summed E-state index contributed by atoms with van der Waals surface area (Å²) in [6, 6.07) is 11.5. The predicted octanol–water partition coefficient (Wildman–Crippen LogP) is 4.93. The highest BCUT2D eigenvalue weighted by atomic mass is 35.5. The molecule has 0 N–H and O–H groups in total. The molecule has 1 aromatic heterocycles. The lowest BCUT2D eigenvalue weighted by Crippen LogP contribution is -2.34. The van der Waals surface area contributed by atoms with Gasteiger partial charge in [0.25, 0.3) is 0 Å². The van der Waals surface area contributed by atoms with Crippen molar-refractivity contribution in [3.63, 3.8) is 0 Å². The van der Waals surface area contributed by atoms with E-state index in [1.54, 1.807) is 0 Å². The lowest BCUT2D eigenvalue weighted by atomic mass is 9.83. The number of thiophene rings is 1. The Labute approximate surface area is 129 Å². The zero-order valence-corrected chi connectivity index (χ0v) is 13.1. The molecule has 20 heavy (non-hydrogen) atoms. The van der Waals surface area contributed by atoms with Gasteiger partial charge >= 0.3 is 0 Å². The van der Waals surface area contributed by atoms with Crippen LogP contribution in [0.2, 0.25) is 5.02 Å². The summed E-state index contributed by atoms with van der Waals surface area (Å²) in [6.45, 7) is 1.20. The Kier molecular flexibility index (Phi) is 3.13. The van der Waals surface area contributed by atoms with Gasteiger partial charge in [-0.1, -0.05) is 23.7 Å². The first kappa shape index (κ1) is 12.9. The largest absolute Gasteiger partial charge is 0.299 e. The molecule has 0 radical (unpaired) electrons. The van der Waals surface area contributed by atoms with Crippen LogP contribution < -0.4 is 0 Å². The number of nitrogens with zero attached hydrogens (tertiary/aromatic N) is 1. The number of benzene rings is 1. The second kappa shape index (κ2) is 4.87. The van der Waals surface area contributed by atoms with Gasteiger partial charge in [-0.3, -0.25) is 4.90 Å². The second-order valence-corrected chi connectivity index (χ2v) is 7.41. The molecule has 1 aliphatic carbocycles. The molecule has 3 heteroatoms. The Hall–Kier alpha value is -0.830. The molecule has 1 aliphatic heterocycles. The minimum Gasteiger partial charge on any atom is -0.299 e. The van der Waals surface area contributed by atoms with E-state index in [4.69, 9.17) is 11.6 Å². The molecule has 2 aromatic rings. The van der Waals surface area contributed by atoms with Crippen molar-refractivity contribution < 1.29 is 0 Å². The quantitative estimate of drug-likeness (QED) is 0.722. The van der Waals surface area contributed by atoms with E-state index in [0.717, 1.165) is 5.02 Å². The summed E-state index contributed by atoms with van der Waals surface area (Å²) in [4.78, 5) is 4.04. The van der Waals surface area contributed by atoms with E-state index in [9.17, 15) is 0 Å². The molecule has 0 amide bonds. The molecule has 0 saturated carbocycles. The summed E-state index contributed by atoms with van der Waals surface area (Å²) < 4.78 is 0. The molecule has 1 nitrogen and oxygen atoms in total. The monoisotopic (exact) mass is 303 g/mol. The van der Waals surface area contributed by atoms with Crippen molar-refractivity contribution in [1.29, 1.82) is 0 Å². The average Bonchev–Trinajstić information content (AvgIpc) is 3.04. The lowest BCUT2D eigenvalue weighted by molar-refractivity contribution is 0.127. The highest BCUT2D eigenvalue weighted by Crippen LogP contribution is 2.55. The van der Waals surface area contributed by atoms with Crippen LogP contribution in [0.1, 0.15) is 40.8 Å². The first-order valence-corrected chi connectivity index (χ1v) is 8.54. The minimum absolute atomic E-state index is 0.546. The van der Waals surface area contributed by atoms with Gasteiger partial charge in [-0.2, -0.15) is 0 Å². The van der Waals surface area contributed by atoms with E-state index < -0.39 is 0 Å². The third-order valence-corrected chi connectivity index (χ3v) is 6.10. The number of piperidine rings is 1. The Bertz CT molecular complexity index is 622. The molecule has 0 spiro atoms. The van der Waals surface area contributed by atoms with Crippen molar-refractivity contribution in [2.75, 3.05) is 13.6 Å². The van der Waals surface area contributed by atoms with E-state index in [-0.39, 0.29) is 0 Å². The maximum absolute atomic E-state index is 6.26. The van der Waals surface area contributed by atoms with Crippen molar-refractivity contribution in [3.05, 3.63) is 56.7 Å². The van der Waals surface area contributed by atoms with Gasteiger partial charge < -0.3 is 0 Å².